The van der Waals surface area contributed by atoms with Crippen LogP contribution in [0, 0.1) is 0 Å². The largest absolute Gasteiger partial charge is 0.454 e. The number of sulfonamides is 2. The lowest BCUT2D eigenvalue weighted by atomic mass is 10.2. The van der Waals surface area contributed by atoms with Gasteiger partial charge < -0.3 is 19.9 Å². The van der Waals surface area contributed by atoms with Crippen LogP contribution in [0.15, 0.2) is 24.3 Å². The first-order valence-electron chi connectivity index (χ1n) is 13.8. The van der Waals surface area contributed by atoms with Gasteiger partial charge in [-0.1, -0.05) is 0 Å². The number of aromatic nitrogens is 3. The molecule has 3 aliphatic rings. The summed E-state index contributed by atoms with van der Waals surface area (Å²) in [6.45, 7) is -0.599. The van der Waals surface area contributed by atoms with E-state index in [1.807, 2.05) is 0 Å². The molecule has 2 saturated carbocycles. The normalized spacial score (nSPS) is 19.1. The Hall–Kier alpha value is -3.29. The molecular weight excluding hydrogens is 629 g/mol. The predicted molar refractivity (Wildman–Crippen MR) is 154 cm³/mol. The molecule has 19 heteroatoms. The Bertz CT molecular complexity index is 1590. The number of carbonyl (C=O) groups excluding carboxylic acids is 1. The van der Waals surface area contributed by atoms with Crippen molar-refractivity contribution in [1.82, 2.24) is 28.9 Å². The maximum Gasteiger partial charge on any atom is 0.422 e. The molecule has 242 valence electrons. The summed E-state index contributed by atoms with van der Waals surface area (Å²) in [6, 6.07) is 5.07. The zero-order chi connectivity index (χ0) is 31.9. The van der Waals surface area contributed by atoms with Gasteiger partial charge in [0.25, 0.3) is 5.91 Å². The molecule has 0 radical (unpaired) electrons. The second kappa shape index (κ2) is 11.9. The fourth-order valence-corrected chi connectivity index (χ4v) is 8.30. The third-order valence-corrected chi connectivity index (χ3v) is 11.9. The van der Waals surface area contributed by atoms with E-state index >= 15 is 0 Å². The van der Waals surface area contributed by atoms with Crippen LogP contribution in [0.1, 0.15) is 36.0 Å². The Morgan fingerprint density at radius 1 is 1.02 bits per heavy atom. The van der Waals surface area contributed by atoms with E-state index in [4.69, 9.17) is 4.74 Å². The number of hydrogen-bond acceptors (Lipinski definition) is 12. The zero-order valence-corrected chi connectivity index (χ0v) is 25.7. The molecule has 1 aromatic carbocycles. The summed E-state index contributed by atoms with van der Waals surface area (Å²) in [7, 11) is -3.78. The monoisotopic (exact) mass is 662 g/mol. The first-order chi connectivity index (χ1) is 20.6. The van der Waals surface area contributed by atoms with E-state index in [-0.39, 0.29) is 55.4 Å². The molecule has 5 rings (SSSR count). The number of nitrogens with zero attached hydrogens (tertiary/aromatic N) is 6. The van der Waals surface area contributed by atoms with Gasteiger partial charge in [0.1, 0.15) is 4.75 Å². The third kappa shape index (κ3) is 7.49. The summed E-state index contributed by atoms with van der Waals surface area (Å²) in [4.78, 5) is 28.3. The minimum atomic E-state index is -4.64. The highest BCUT2D eigenvalue weighted by atomic mass is 32.2. The number of carbonyl (C=O) groups is 1. The van der Waals surface area contributed by atoms with Crippen molar-refractivity contribution in [3.8, 4) is 6.01 Å². The number of hydrogen-bond donors (Lipinski definition) is 2. The fraction of sp³-hybridized carbons (Fsp3) is 0.600. The molecule has 0 unspecified atom stereocenters. The number of benzene rings is 1. The van der Waals surface area contributed by atoms with Gasteiger partial charge in [-0.15, -0.1) is 0 Å². The van der Waals surface area contributed by atoms with Crippen molar-refractivity contribution in [2.45, 2.75) is 41.9 Å². The standard InChI is InChI=1S/C25H33F3N8O6S2/c1-34(2)15-24(9-10-24)44(40,41)33-20(37)17-3-5-18(6-4-17)29-21-30-22(32-23(31-21)42-16-25(26,27)28)35-11-13-36(14-12-35)43(38,39)19-7-8-19/h3-6,19H,7-16H2,1-2H3,(H,33,37)(H,29,30,31,32). The molecule has 1 amide bonds. The van der Waals surface area contributed by atoms with Gasteiger partial charge in [0.05, 0.1) is 5.25 Å². The molecule has 2 aromatic rings. The lowest BCUT2D eigenvalue weighted by Crippen LogP contribution is -2.50. The Morgan fingerprint density at radius 3 is 2.20 bits per heavy atom. The van der Waals surface area contributed by atoms with E-state index in [2.05, 4.69) is 25.0 Å². The van der Waals surface area contributed by atoms with Gasteiger partial charge in [-0.2, -0.15) is 32.4 Å². The summed E-state index contributed by atoms with van der Waals surface area (Å²) >= 11 is 0. The van der Waals surface area contributed by atoms with Crippen molar-refractivity contribution in [3.63, 3.8) is 0 Å². The average molecular weight is 663 g/mol. The second-order valence-corrected chi connectivity index (χ2v) is 15.6. The smallest absolute Gasteiger partial charge is 0.422 e. The van der Waals surface area contributed by atoms with Crippen LogP contribution in [-0.2, 0) is 20.0 Å². The van der Waals surface area contributed by atoms with Crippen molar-refractivity contribution in [2.24, 2.45) is 0 Å². The number of alkyl halides is 3. The van der Waals surface area contributed by atoms with E-state index in [0.29, 0.717) is 31.4 Å². The van der Waals surface area contributed by atoms with Crippen molar-refractivity contribution < 1.29 is 39.5 Å². The fourth-order valence-electron chi connectivity index (χ4n) is 4.82. The van der Waals surface area contributed by atoms with Gasteiger partial charge in [0, 0.05) is 44.0 Å². The summed E-state index contributed by atoms with van der Waals surface area (Å²) < 4.78 is 96.7. The Morgan fingerprint density at radius 2 is 1.66 bits per heavy atom. The van der Waals surface area contributed by atoms with Crippen LogP contribution in [0.3, 0.4) is 0 Å². The predicted octanol–water partition coefficient (Wildman–Crippen LogP) is 1.32. The summed E-state index contributed by atoms with van der Waals surface area (Å²) in [5, 5.41) is 2.48. The van der Waals surface area contributed by atoms with Crippen LogP contribution in [-0.4, -0.2) is 116 Å². The first-order valence-corrected chi connectivity index (χ1v) is 16.8. The molecule has 14 nitrogen and oxygen atoms in total. The summed E-state index contributed by atoms with van der Waals surface area (Å²) in [6.07, 6.45) is -2.47. The molecule has 0 atom stereocenters. The highest BCUT2D eigenvalue weighted by Gasteiger charge is 2.55. The van der Waals surface area contributed by atoms with Crippen LogP contribution in [0.2, 0.25) is 0 Å². The van der Waals surface area contributed by atoms with Crippen molar-refractivity contribution in [3.05, 3.63) is 29.8 Å². The number of piperazine rings is 1. The summed E-state index contributed by atoms with van der Waals surface area (Å²) in [5.74, 6) is -0.954. The van der Waals surface area contributed by atoms with Crippen LogP contribution in [0.4, 0.5) is 30.8 Å². The molecule has 0 bridgehead atoms. The maximum atomic E-state index is 12.8. The van der Waals surface area contributed by atoms with Gasteiger partial charge in [-0.25, -0.2) is 21.6 Å². The minimum Gasteiger partial charge on any atom is -0.454 e. The SMILES string of the molecule is CN(C)CC1(S(=O)(=O)NC(=O)c2ccc(Nc3nc(OCC(F)(F)F)nc(N4CCN(S(=O)(=O)C5CC5)CC4)n3)cc2)CC1. The molecule has 44 heavy (non-hydrogen) atoms. The number of rotatable bonds is 12. The lowest BCUT2D eigenvalue weighted by Gasteiger charge is -2.34. The van der Waals surface area contributed by atoms with Gasteiger partial charge in [0.15, 0.2) is 6.61 Å². The molecule has 1 saturated heterocycles. The van der Waals surface area contributed by atoms with Crippen LogP contribution >= 0.6 is 0 Å². The topological polar surface area (TPSA) is 167 Å². The molecule has 2 N–H and O–H groups in total. The van der Waals surface area contributed by atoms with Crippen LogP contribution < -0.4 is 19.7 Å². The third-order valence-electron chi connectivity index (χ3n) is 7.41. The van der Waals surface area contributed by atoms with E-state index in [9.17, 15) is 34.8 Å². The number of halogens is 3. The second-order valence-electron chi connectivity index (χ2n) is 11.3. The highest BCUT2D eigenvalue weighted by Crippen LogP contribution is 2.43. The quantitative estimate of drug-likeness (QED) is 0.335. The number of anilines is 3. The Labute approximate surface area is 253 Å². The molecule has 1 aliphatic heterocycles. The van der Waals surface area contributed by atoms with E-state index in [1.165, 1.54) is 28.6 Å². The number of nitrogens with one attached hydrogen (secondary N) is 2. The van der Waals surface area contributed by atoms with E-state index < -0.39 is 49.5 Å². The first kappa shape index (κ1) is 32.1. The maximum absolute atomic E-state index is 12.8. The molecule has 2 aliphatic carbocycles. The Kier molecular flexibility index (Phi) is 8.69. The Balaban J connectivity index is 1.28. The van der Waals surface area contributed by atoms with Gasteiger partial charge >= 0.3 is 12.2 Å². The molecule has 0 spiro atoms. The molecule has 1 aromatic heterocycles. The molecule has 2 heterocycles. The average Bonchev–Trinajstić information content (AvgIpc) is 3.87. The van der Waals surface area contributed by atoms with Crippen LogP contribution in [0.5, 0.6) is 6.01 Å². The van der Waals surface area contributed by atoms with Crippen molar-refractivity contribution >= 4 is 43.5 Å². The highest BCUT2D eigenvalue weighted by molar-refractivity contribution is 7.91. The number of amides is 1. The molecular formula is C25H33F3N8O6S2. The minimum absolute atomic E-state index is 0.00363. The summed E-state index contributed by atoms with van der Waals surface area (Å²) in [5.41, 5.74) is 0.416. The van der Waals surface area contributed by atoms with E-state index in [1.54, 1.807) is 23.9 Å². The number of ether oxygens (including phenoxy) is 1. The van der Waals surface area contributed by atoms with Crippen molar-refractivity contribution in [2.75, 3.05) is 63.6 Å². The van der Waals surface area contributed by atoms with Gasteiger partial charge in [-0.3, -0.25) is 4.79 Å². The van der Waals surface area contributed by atoms with E-state index in [0.717, 1.165) is 0 Å². The van der Waals surface area contributed by atoms with Gasteiger partial charge in [-0.05, 0) is 64.0 Å². The van der Waals surface area contributed by atoms with Gasteiger partial charge in [0.2, 0.25) is 31.9 Å². The van der Waals surface area contributed by atoms with Crippen LogP contribution in [0.25, 0.3) is 0 Å². The zero-order valence-electron chi connectivity index (χ0n) is 24.0. The molecule has 3 fully saturated rings. The van der Waals surface area contributed by atoms with Crippen molar-refractivity contribution in [1.29, 1.82) is 0 Å². The lowest BCUT2D eigenvalue weighted by molar-refractivity contribution is -0.154.